The van der Waals surface area contributed by atoms with Crippen molar-refractivity contribution in [1.29, 1.82) is 0 Å². The second kappa shape index (κ2) is 6.35. The minimum Gasteiger partial charge on any atom is -0.392 e. The first kappa shape index (κ1) is 13.6. The van der Waals surface area contributed by atoms with Crippen molar-refractivity contribution < 1.29 is 5.11 Å². The summed E-state index contributed by atoms with van der Waals surface area (Å²) in [7, 11) is 2.02. The minimum absolute atomic E-state index is 0.113. The van der Waals surface area contributed by atoms with Gasteiger partial charge in [0.2, 0.25) is 0 Å². The van der Waals surface area contributed by atoms with Crippen molar-refractivity contribution in [1.82, 2.24) is 4.90 Å². The molecule has 0 fully saturated rings. The Morgan fingerprint density at radius 3 is 2.69 bits per heavy atom. The van der Waals surface area contributed by atoms with Crippen LogP contribution in [0.2, 0.25) is 0 Å². The Hall–Kier alpha value is -0.420. The lowest BCUT2D eigenvalue weighted by molar-refractivity contribution is 0.108. The SMILES string of the molecule is CCC(N)C(c1cccs1)N(C)CC(C)O. The highest BCUT2D eigenvalue weighted by Crippen LogP contribution is 2.27. The van der Waals surface area contributed by atoms with E-state index >= 15 is 0 Å². The molecule has 0 aliphatic rings. The summed E-state index contributed by atoms with van der Waals surface area (Å²) in [5.41, 5.74) is 6.17. The van der Waals surface area contributed by atoms with Gasteiger partial charge < -0.3 is 10.8 Å². The molecule has 0 spiro atoms. The molecule has 0 aromatic carbocycles. The smallest absolute Gasteiger partial charge is 0.0639 e. The zero-order chi connectivity index (χ0) is 12.1. The molecule has 0 amide bonds. The van der Waals surface area contributed by atoms with Gasteiger partial charge in [-0.25, -0.2) is 0 Å². The molecule has 1 aromatic rings. The molecule has 0 saturated heterocycles. The van der Waals surface area contributed by atoms with Gasteiger partial charge in [0.15, 0.2) is 0 Å². The number of nitrogens with zero attached hydrogens (tertiary/aromatic N) is 1. The van der Waals surface area contributed by atoms with Gasteiger partial charge in [0.05, 0.1) is 12.1 Å². The maximum absolute atomic E-state index is 9.44. The summed E-state index contributed by atoms with van der Waals surface area (Å²) in [4.78, 5) is 3.42. The number of aliphatic hydroxyl groups is 1. The van der Waals surface area contributed by atoms with E-state index in [9.17, 15) is 5.11 Å². The fraction of sp³-hybridized carbons (Fsp3) is 0.667. The number of aliphatic hydroxyl groups excluding tert-OH is 1. The fourth-order valence-electron chi connectivity index (χ4n) is 1.97. The third kappa shape index (κ3) is 3.56. The molecule has 1 aromatic heterocycles. The lowest BCUT2D eigenvalue weighted by atomic mass is 10.0. The first-order valence-electron chi connectivity index (χ1n) is 5.73. The summed E-state index contributed by atoms with van der Waals surface area (Å²) in [6.45, 7) is 4.55. The molecule has 0 aliphatic heterocycles. The third-order valence-electron chi connectivity index (χ3n) is 2.74. The van der Waals surface area contributed by atoms with E-state index in [4.69, 9.17) is 5.73 Å². The Bertz CT molecular complexity index is 287. The highest BCUT2D eigenvalue weighted by atomic mass is 32.1. The second-order valence-corrected chi connectivity index (χ2v) is 5.30. The highest BCUT2D eigenvalue weighted by Gasteiger charge is 2.24. The number of rotatable bonds is 6. The van der Waals surface area contributed by atoms with Crippen LogP contribution in [0.1, 0.15) is 31.2 Å². The molecule has 3 atom stereocenters. The van der Waals surface area contributed by atoms with E-state index in [1.807, 2.05) is 13.1 Å². The number of thiophene rings is 1. The number of hydrogen-bond donors (Lipinski definition) is 2. The van der Waals surface area contributed by atoms with Crippen LogP contribution < -0.4 is 5.73 Å². The fourth-order valence-corrected chi connectivity index (χ4v) is 2.93. The monoisotopic (exact) mass is 242 g/mol. The van der Waals surface area contributed by atoms with Gasteiger partial charge in [-0.15, -0.1) is 11.3 Å². The van der Waals surface area contributed by atoms with Crippen LogP contribution in [0, 0.1) is 0 Å². The third-order valence-corrected chi connectivity index (χ3v) is 3.68. The van der Waals surface area contributed by atoms with Crippen LogP contribution in [0.15, 0.2) is 17.5 Å². The average molecular weight is 242 g/mol. The van der Waals surface area contributed by atoms with Crippen molar-refractivity contribution in [3.63, 3.8) is 0 Å². The van der Waals surface area contributed by atoms with Gasteiger partial charge >= 0.3 is 0 Å². The molecule has 0 saturated carbocycles. The summed E-state index contributed by atoms with van der Waals surface area (Å²) in [5, 5.41) is 11.5. The molecular formula is C12H22N2OS. The lowest BCUT2D eigenvalue weighted by Gasteiger charge is -2.32. The van der Waals surface area contributed by atoms with Gasteiger partial charge in [0, 0.05) is 17.5 Å². The van der Waals surface area contributed by atoms with Crippen LogP contribution in [-0.4, -0.2) is 35.7 Å². The van der Waals surface area contributed by atoms with Crippen molar-refractivity contribution in [2.45, 2.75) is 38.5 Å². The maximum Gasteiger partial charge on any atom is 0.0639 e. The van der Waals surface area contributed by atoms with Crippen molar-refractivity contribution in [2.24, 2.45) is 5.73 Å². The Morgan fingerprint density at radius 2 is 2.25 bits per heavy atom. The van der Waals surface area contributed by atoms with Crippen LogP contribution in [0.4, 0.5) is 0 Å². The van der Waals surface area contributed by atoms with Gasteiger partial charge in [-0.1, -0.05) is 13.0 Å². The number of likely N-dealkylation sites (N-methyl/N-ethyl adjacent to an activating group) is 1. The van der Waals surface area contributed by atoms with Gasteiger partial charge in [-0.3, -0.25) is 4.90 Å². The van der Waals surface area contributed by atoms with E-state index in [0.717, 1.165) is 6.42 Å². The van der Waals surface area contributed by atoms with Crippen molar-refractivity contribution in [3.8, 4) is 0 Å². The van der Waals surface area contributed by atoms with Crippen LogP contribution in [0.25, 0.3) is 0 Å². The van der Waals surface area contributed by atoms with Crippen LogP contribution in [0.5, 0.6) is 0 Å². The lowest BCUT2D eigenvalue weighted by Crippen LogP contribution is -2.41. The van der Waals surface area contributed by atoms with Gasteiger partial charge in [0.25, 0.3) is 0 Å². The molecule has 4 heteroatoms. The number of nitrogens with two attached hydrogens (primary N) is 1. The van der Waals surface area contributed by atoms with E-state index in [2.05, 4.69) is 23.3 Å². The quantitative estimate of drug-likeness (QED) is 0.800. The Balaban J connectivity index is 2.79. The van der Waals surface area contributed by atoms with Crippen LogP contribution in [0.3, 0.4) is 0 Å². The van der Waals surface area contributed by atoms with Gasteiger partial charge in [0.1, 0.15) is 0 Å². The molecule has 16 heavy (non-hydrogen) atoms. The molecule has 3 nitrogen and oxygen atoms in total. The van der Waals surface area contributed by atoms with E-state index in [1.165, 1.54) is 4.88 Å². The van der Waals surface area contributed by atoms with Gasteiger partial charge in [-0.05, 0) is 31.8 Å². The summed E-state index contributed by atoms with van der Waals surface area (Å²) in [5.74, 6) is 0. The first-order valence-corrected chi connectivity index (χ1v) is 6.61. The first-order chi connectivity index (χ1) is 7.56. The molecule has 0 aliphatic carbocycles. The molecule has 92 valence electrons. The predicted molar refractivity (Wildman–Crippen MR) is 69.6 cm³/mol. The van der Waals surface area contributed by atoms with Gasteiger partial charge in [-0.2, -0.15) is 0 Å². The Morgan fingerprint density at radius 1 is 1.56 bits per heavy atom. The summed E-state index contributed by atoms with van der Waals surface area (Å²) in [6.07, 6.45) is 0.615. The normalized spacial score (nSPS) is 17.4. The topological polar surface area (TPSA) is 49.5 Å². The number of hydrogen-bond acceptors (Lipinski definition) is 4. The zero-order valence-electron chi connectivity index (χ0n) is 10.3. The van der Waals surface area contributed by atoms with E-state index in [1.54, 1.807) is 18.3 Å². The van der Waals surface area contributed by atoms with E-state index < -0.39 is 0 Å². The molecular weight excluding hydrogens is 220 g/mol. The molecule has 3 unspecified atom stereocenters. The predicted octanol–water partition coefficient (Wildman–Crippen LogP) is 1.84. The van der Waals surface area contributed by atoms with E-state index in [0.29, 0.717) is 6.54 Å². The minimum atomic E-state index is -0.323. The average Bonchev–Trinajstić information content (AvgIpc) is 2.69. The van der Waals surface area contributed by atoms with Crippen molar-refractivity contribution in [2.75, 3.05) is 13.6 Å². The van der Waals surface area contributed by atoms with Crippen LogP contribution in [-0.2, 0) is 0 Å². The maximum atomic E-state index is 9.44. The molecule has 1 rings (SSSR count). The molecule has 0 radical (unpaired) electrons. The summed E-state index contributed by atoms with van der Waals surface area (Å²) in [6, 6.07) is 4.48. The van der Waals surface area contributed by atoms with Crippen molar-refractivity contribution in [3.05, 3.63) is 22.4 Å². The Kier molecular flexibility index (Phi) is 5.41. The molecule has 0 bridgehead atoms. The summed E-state index contributed by atoms with van der Waals surface area (Å²) < 4.78 is 0. The van der Waals surface area contributed by atoms with Crippen molar-refractivity contribution >= 4 is 11.3 Å². The zero-order valence-corrected chi connectivity index (χ0v) is 11.1. The van der Waals surface area contributed by atoms with E-state index in [-0.39, 0.29) is 18.2 Å². The van der Waals surface area contributed by atoms with Crippen LogP contribution >= 0.6 is 11.3 Å². The molecule has 3 N–H and O–H groups in total. The second-order valence-electron chi connectivity index (χ2n) is 4.32. The summed E-state index contributed by atoms with van der Waals surface area (Å²) >= 11 is 1.73. The molecule has 1 heterocycles. The Labute approximate surface area is 102 Å². The largest absolute Gasteiger partial charge is 0.392 e. The highest BCUT2D eigenvalue weighted by molar-refractivity contribution is 7.10. The standard InChI is InChI=1S/C12H22N2OS/c1-4-10(13)12(11-6-5-7-16-11)14(3)8-9(2)15/h5-7,9-10,12,15H,4,8,13H2,1-3H3.